The molecule has 0 aromatic rings. The van der Waals surface area contributed by atoms with Crippen LogP contribution in [-0.4, -0.2) is 35.1 Å². The third-order valence-electron chi connectivity index (χ3n) is 1.49. The summed E-state index contributed by atoms with van der Waals surface area (Å²) in [5.41, 5.74) is 0. The zero-order valence-electron chi connectivity index (χ0n) is 6.59. The van der Waals surface area contributed by atoms with E-state index >= 15 is 0 Å². The Hall–Kier alpha value is 0.461. The molecule has 1 unspecified atom stereocenters. The van der Waals surface area contributed by atoms with Crippen LogP contribution >= 0.6 is 0 Å². The molecule has 1 fully saturated rings. The van der Waals surface area contributed by atoms with Crippen LogP contribution in [0.3, 0.4) is 0 Å². The molecule has 0 aliphatic carbocycles. The van der Waals surface area contributed by atoms with E-state index in [9.17, 15) is 4.39 Å². The Morgan fingerprint density at radius 2 is 2.09 bits per heavy atom. The lowest BCUT2D eigenvalue weighted by Gasteiger charge is -2.24. The van der Waals surface area contributed by atoms with E-state index in [0.29, 0.717) is 6.42 Å². The van der Waals surface area contributed by atoms with Gasteiger partial charge < -0.3 is 12.3 Å². The smallest absolute Gasteiger partial charge is 0.338 e. The topological polar surface area (TPSA) is 27.7 Å². The van der Waals surface area contributed by atoms with Gasteiger partial charge in [-0.25, -0.2) is 4.39 Å². The number of hydrogen-bond acceptors (Lipinski definition) is 3. The van der Waals surface area contributed by atoms with E-state index in [1.165, 1.54) is 0 Å². The molecule has 0 radical (unpaired) electrons. The fraction of sp³-hybridized carbons (Fsp3) is 1.00. The summed E-state index contributed by atoms with van der Waals surface area (Å²) in [5.74, 6) is -0.816. The van der Waals surface area contributed by atoms with E-state index in [2.05, 4.69) is 0 Å². The fourth-order valence-corrected chi connectivity index (χ4v) is 8.31. The van der Waals surface area contributed by atoms with Gasteiger partial charge >= 0.3 is 9.28 Å². The quantitative estimate of drug-likeness (QED) is 0.559. The van der Waals surface area contributed by atoms with Crippen molar-refractivity contribution in [3.05, 3.63) is 0 Å². The van der Waals surface area contributed by atoms with Crippen LogP contribution in [0.4, 0.5) is 4.39 Å². The molecule has 11 heavy (non-hydrogen) atoms. The monoisotopic (exact) mass is 212 g/mol. The molecule has 7 heteroatoms. The molecule has 1 saturated heterocycles. The van der Waals surface area contributed by atoms with Crippen LogP contribution in [0, 0.1) is 0 Å². The van der Waals surface area contributed by atoms with E-state index in [-0.39, 0.29) is 0 Å². The van der Waals surface area contributed by atoms with Crippen molar-refractivity contribution in [3.8, 4) is 0 Å². The second kappa shape index (κ2) is 5.17. The second-order valence-electron chi connectivity index (χ2n) is 2.45. The van der Waals surface area contributed by atoms with Crippen LogP contribution in [0.15, 0.2) is 0 Å². The summed E-state index contributed by atoms with van der Waals surface area (Å²) in [6.07, 6.45) is 1.45. The van der Waals surface area contributed by atoms with Crippen molar-refractivity contribution >= 4 is 29.3 Å². The van der Waals surface area contributed by atoms with Gasteiger partial charge in [0, 0.05) is 0 Å². The summed E-state index contributed by atoms with van der Waals surface area (Å²) in [4.78, 5) is 0. The van der Waals surface area contributed by atoms with Crippen molar-refractivity contribution in [1.29, 1.82) is 0 Å². The normalized spacial score (nSPS) is 32.7. The Balaban J connectivity index is 2.21. The molecule has 1 aliphatic rings. The lowest BCUT2D eigenvalue weighted by Crippen LogP contribution is -2.42. The van der Waals surface area contributed by atoms with Gasteiger partial charge in [-0.2, -0.15) is 0 Å². The minimum absolute atomic E-state index is 0.583. The number of hydrogen-bond donors (Lipinski definition) is 0. The van der Waals surface area contributed by atoms with Gasteiger partial charge in [0.2, 0.25) is 0 Å². The molecular formula is C4H13FO3Si3. The Morgan fingerprint density at radius 3 is 2.64 bits per heavy atom. The Kier molecular flexibility index (Phi) is 4.49. The third kappa shape index (κ3) is 3.13. The van der Waals surface area contributed by atoms with Crippen molar-refractivity contribution < 1.29 is 16.7 Å². The highest BCUT2D eigenvalue weighted by molar-refractivity contribution is 6.62. The van der Waals surface area contributed by atoms with Crippen LogP contribution in [0.1, 0.15) is 19.8 Å². The van der Waals surface area contributed by atoms with Crippen molar-refractivity contribution in [2.45, 2.75) is 25.6 Å². The Morgan fingerprint density at radius 1 is 1.45 bits per heavy atom. The predicted octanol–water partition coefficient (Wildman–Crippen LogP) is -1.05. The molecule has 0 saturated carbocycles. The SMILES string of the molecule is CCCC(F)[SiH]1O[SiH2]O[SiH2]O1. The minimum atomic E-state index is -1.91. The van der Waals surface area contributed by atoms with E-state index in [4.69, 9.17) is 12.3 Å². The fourth-order valence-electron chi connectivity index (χ4n) is 0.933. The molecule has 0 amide bonds. The van der Waals surface area contributed by atoms with Gasteiger partial charge in [-0.05, 0) is 6.42 Å². The molecule has 0 spiro atoms. The molecule has 66 valence electrons. The summed E-state index contributed by atoms with van der Waals surface area (Å²) in [5, 5.41) is 0. The zero-order chi connectivity index (χ0) is 8.10. The summed E-state index contributed by atoms with van der Waals surface area (Å²) in [7, 11) is -3.59. The maximum absolute atomic E-state index is 13.1. The number of halogens is 1. The van der Waals surface area contributed by atoms with Crippen molar-refractivity contribution in [2.24, 2.45) is 0 Å². The number of alkyl halides is 1. The van der Waals surface area contributed by atoms with Crippen LogP contribution < -0.4 is 0 Å². The first-order chi connectivity index (χ1) is 5.34. The van der Waals surface area contributed by atoms with Gasteiger partial charge in [-0.3, -0.25) is 0 Å². The molecule has 0 bridgehead atoms. The molecule has 1 heterocycles. The highest BCUT2D eigenvalue weighted by Crippen LogP contribution is 2.09. The van der Waals surface area contributed by atoms with E-state index in [0.717, 1.165) is 6.42 Å². The van der Waals surface area contributed by atoms with Gasteiger partial charge in [0.15, 0.2) is 0 Å². The maximum Gasteiger partial charge on any atom is 0.338 e. The van der Waals surface area contributed by atoms with Crippen LogP contribution in [0.5, 0.6) is 0 Å². The summed E-state index contributed by atoms with van der Waals surface area (Å²) in [6, 6.07) is 0. The van der Waals surface area contributed by atoms with Crippen molar-refractivity contribution in [1.82, 2.24) is 0 Å². The highest BCUT2D eigenvalue weighted by atomic mass is 28.4. The molecular weight excluding hydrogens is 199 g/mol. The zero-order valence-corrected chi connectivity index (χ0v) is 10.6. The van der Waals surface area contributed by atoms with Crippen LogP contribution in [0.25, 0.3) is 0 Å². The molecule has 0 N–H and O–H groups in total. The molecule has 0 aromatic carbocycles. The number of rotatable bonds is 3. The first-order valence-corrected chi connectivity index (χ1v) is 7.71. The lowest BCUT2D eigenvalue weighted by atomic mass is 10.4. The predicted molar refractivity (Wildman–Crippen MR) is 47.3 cm³/mol. The van der Waals surface area contributed by atoms with E-state index in [1.807, 2.05) is 6.92 Å². The average molecular weight is 212 g/mol. The van der Waals surface area contributed by atoms with Gasteiger partial charge in [0.05, 0.1) is 0 Å². The van der Waals surface area contributed by atoms with E-state index < -0.39 is 35.1 Å². The summed E-state index contributed by atoms with van der Waals surface area (Å²) < 4.78 is 28.5. The average Bonchev–Trinajstić information content (AvgIpc) is 2.07. The maximum atomic E-state index is 13.1. The molecule has 0 aromatic heterocycles. The first kappa shape index (κ1) is 9.55. The van der Waals surface area contributed by atoms with Gasteiger partial charge in [-0.15, -0.1) is 0 Å². The molecule has 1 aliphatic heterocycles. The van der Waals surface area contributed by atoms with Crippen LogP contribution in [0.2, 0.25) is 0 Å². The molecule has 1 atom stereocenters. The second-order valence-corrected chi connectivity index (χ2v) is 8.68. The highest BCUT2D eigenvalue weighted by Gasteiger charge is 2.27. The standard InChI is InChI=1S/C4H13FO3Si3/c1-2-3-4(5)11-7-9-6-10-8-11/h4,11H,2-3,9-10H2,1H3. The third-order valence-corrected chi connectivity index (χ3v) is 7.47. The van der Waals surface area contributed by atoms with Crippen molar-refractivity contribution in [3.63, 3.8) is 0 Å². The molecule has 1 rings (SSSR count). The largest absolute Gasteiger partial charge is 0.425 e. The Labute approximate surface area is 72.2 Å². The molecule has 3 nitrogen and oxygen atoms in total. The van der Waals surface area contributed by atoms with E-state index in [1.54, 1.807) is 0 Å². The Bertz CT molecular complexity index is 111. The minimum Gasteiger partial charge on any atom is -0.425 e. The van der Waals surface area contributed by atoms with Gasteiger partial charge in [0.1, 0.15) is 5.79 Å². The summed E-state index contributed by atoms with van der Waals surface area (Å²) >= 11 is 0. The summed E-state index contributed by atoms with van der Waals surface area (Å²) in [6.45, 7) is 1.97. The van der Waals surface area contributed by atoms with Gasteiger partial charge in [0.25, 0.3) is 20.0 Å². The van der Waals surface area contributed by atoms with Crippen LogP contribution in [-0.2, 0) is 12.3 Å². The first-order valence-electron chi connectivity index (χ1n) is 3.79. The van der Waals surface area contributed by atoms with Gasteiger partial charge in [-0.1, -0.05) is 13.3 Å². The van der Waals surface area contributed by atoms with Crippen molar-refractivity contribution in [2.75, 3.05) is 0 Å². The lowest BCUT2D eigenvalue weighted by molar-refractivity contribution is 0.264.